The summed E-state index contributed by atoms with van der Waals surface area (Å²) in [5, 5.41) is 1.19. The Balaban J connectivity index is 1.36. The molecule has 1 saturated heterocycles. The van der Waals surface area contributed by atoms with Gasteiger partial charge in [-0.05, 0) is 56.3 Å². The number of allylic oxidation sites excluding steroid dienone is 1. The molecule has 3 aromatic heterocycles. The molecule has 0 spiro atoms. The van der Waals surface area contributed by atoms with E-state index in [0.29, 0.717) is 5.92 Å². The number of nitrogens with zero attached hydrogens (tertiary/aromatic N) is 3. The van der Waals surface area contributed by atoms with E-state index in [-0.39, 0.29) is 0 Å². The lowest BCUT2D eigenvalue weighted by atomic mass is 9.92. The Morgan fingerprint density at radius 1 is 1.38 bits per heavy atom. The second kappa shape index (κ2) is 7.72. The summed E-state index contributed by atoms with van der Waals surface area (Å²) in [4.78, 5) is 16.3. The largest absolute Gasteiger partial charge is 0.360 e. The van der Waals surface area contributed by atoms with Crippen LogP contribution in [0.25, 0.3) is 11.0 Å². The number of rotatable bonds is 6. The lowest BCUT2D eigenvalue weighted by molar-refractivity contribution is 0.168. The van der Waals surface area contributed by atoms with Crippen molar-refractivity contribution in [3.63, 3.8) is 0 Å². The highest BCUT2D eigenvalue weighted by atomic mass is 32.1. The molecule has 1 N–H and O–H groups in total. The number of H-pyrrole nitrogens is 1. The predicted molar refractivity (Wildman–Crippen MR) is 108 cm³/mol. The van der Waals surface area contributed by atoms with E-state index in [2.05, 4.69) is 45.6 Å². The van der Waals surface area contributed by atoms with Gasteiger partial charge in [0.05, 0.1) is 16.0 Å². The Labute approximate surface area is 159 Å². The molecule has 4 rings (SSSR count). The molecule has 5 heteroatoms. The van der Waals surface area contributed by atoms with Crippen molar-refractivity contribution < 1.29 is 0 Å². The van der Waals surface area contributed by atoms with Crippen LogP contribution in [0.2, 0.25) is 0 Å². The van der Waals surface area contributed by atoms with Crippen molar-refractivity contribution in [2.75, 3.05) is 13.1 Å². The number of aromatic amines is 1. The smallest absolute Gasteiger partial charge is 0.0968 e. The van der Waals surface area contributed by atoms with Gasteiger partial charge in [-0.2, -0.15) is 0 Å². The van der Waals surface area contributed by atoms with E-state index >= 15 is 0 Å². The molecule has 136 valence electrons. The van der Waals surface area contributed by atoms with Crippen LogP contribution < -0.4 is 0 Å². The maximum absolute atomic E-state index is 4.56. The average molecular weight is 367 g/mol. The maximum Gasteiger partial charge on any atom is 0.0968 e. The molecular weight excluding hydrogens is 340 g/mol. The summed E-state index contributed by atoms with van der Waals surface area (Å²) < 4.78 is 0. The maximum atomic E-state index is 4.56. The van der Waals surface area contributed by atoms with Gasteiger partial charge in [-0.1, -0.05) is 12.2 Å². The minimum absolute atomic E-state index is 0.709. The van der Waals surface area contributed by atoms with E-state index in [0.717, 1.165) is 37.0 Å². The summed E-state index contributed by atoms with van der Waals surface area (Å²) in [5.74, 6) is 0.709. The van der Waals surface area contributed by atoms with Gasteiger partial charge in [0.2, 0.25) is 0 Å². The third-order valence-electron chi connectivity index (χ3n) is 5.02. The summed E-state index contributed by atoms with van der Waals surface area (Å²) in [7, 11) is 0. The van der Waals surface area contributed by atoms with Crippen LogP contribution in [0.3, 0.4) is 0 Å². The van der Waals surface area contributed by atoms with E-state index in [1.165, 1.54) is 40.4 Å². The molecule has 1 atom stereocenters. The van der Waals surface area contributed by atoms with Gasteiger partial charge in [-0.25, -0.2) is 4.98 Å². The van der Waals surface area contributed by atoms with E-state index < -0.39 is 0 Å². The van der Waals surface area contributed by atoms with Crippen molar-refractivity contribution in [2.45, 2.75) is 39.2 Å². The molecule has 26 heavy (non-hydrogen) atoms. The number of aromatic nitrogens is 3. The van der Waals surface area contributed by atoms with E-state index in [9.17, 15) is 0 Å². The van der Waals surface area contributed by atoms with Gasteiger partial charge in [0.1, 0.15) is 0 Å². The van der Waals surface area contributed by atoms with Gasteiger partial charge in [-0.3, -0.25) is 9.88 Å². The molecule has 1 fully saturated rings. The lowest BCUT2D eigenvalue weighted by Crippen LogP contribution is -2.35. The first kappa shape index (κ1) is 17.4. The predicted octanol–water partition coefficient (Wildman–Crippen LogP) is 4.59. The van der Waals surface area contributed by atoms with Gasteiger partial charge in [0, 0.05) is 43.0 Å². The van der Waals surface area contributed by atoms with Crippen molar-refractivity contribution in [1.29, 1.82) is 0 Å². The normalized spacial score (nSPS) is 18.4. The van der Waals surface area contributed by atoms with Crippen molar-refractivity contribution in [1.82, 2.24) is 19.9 Å². The van der Waals surface area contributed by atoms with Gasteiger partial charge in [0.15, 0.2) is 0 Å². The minimum atomic E-state index is 0.709. The van der Waals surface area contributed by atoms with Gasteiger partial charge in [0.25, 0.3) is 0 Å². The number of hydrogen-bond donors (Lipinski definition) is 1. The van der Waals surface area contributed by atoms with E-state index in [1.807, 2.05) is 29.8 Å². The zero-order valence-corrected chi connectivity index (χ0v) is 16.2. The second-order valence-corrected chi connectivity index (χ2v) is 8.76. The Morgan fingerprint density at radius 3 is 3.19 bits per heavy atom. The molecule has 3 aromatic rings. The molecule has 1 aliphatic rings. The first-order chi connectivity index (χ1) is 12.7. The molecule has 0 radical (unpaired) electrons. The summed E-state index contributed by atoms with van der Waals surface area (Å²) in [6.45, 7) is 9.44. The van der Waals surface area contributed by atoms with Crippen LogP contribution in [0.4, 0.5) is 0 Å². The number of piperidine rings is 1. The Hall–Kier alpha value is -1.98. The first-order valence-corrected chi connectivity index (χ1v) is 10.2. The second-order valence-electron chi connectivity index (χ2n) is 7.56. The van der Waals surface area contributed by atoms with Crippen molar-refractivity contribution >= 4 is 22.4 Å². The van der Waals surface area contributed by atoms with Crippen molar-refractivity contribution in [3.05, 3.63) is 58.3 Å². The first-order valence-electron chi connectivity index (χ1n) is 9.38. The highest BCUT2D eigenvalue weighted by Gasteiger charge is 2.21. The fourth-order valence-corrected chi connectivity index (χ4v) is 4.94. The van der Waals surface area contributed by atoms with E-state index in [4.69, 9.17) is 0 Å². The summed E-state index contributed by atoms with van der Waals surface area (Å²) in [6.07, 6.45) is 10.7. The minimum Gasteiger partial charge on any atom is -0.360 e. The van der Waals surface area contributed by atoms with Crippen LogP contribution >= 0.6 is 11.3 Å². The van der Waals surface area contributed by atoms with E-state index in [1.54, 1.807) is 0 Å². The summed E-state index contributed by atoms with van der Waals surface area (Å²) >= 11 is 1.83. The van der Waals surface area contributed by atoms with Crippen LogP contribution in [0.1, 0.15) is 35.2 Å². The molecule has 0 saturated carbocycles. The summed E-state index contributed by atoms with van der Waals surface area (Å²) in [6, 6.07) is 4.28. The number of fused-ring (bicyclic) bond motifs is 1. The number of thiazole rings is 1. The third-order valence-corrected chi connectivity index (χ3v) is 6.00. The van der Waals surface area contributed by atoms with Crippen LogP contribution in [-0.2, 0) is 19.4 Å². The Kier molecular flexibility index (Phi) is 5.18. The van der Waals surface area contributed by atoms with Gasteiger partial charge in [-0.15, -0.1) is 11.3 Å². The lowest BCUT2D eigenvalue weighted by Gasteiger charge is -2.32. The number of pyridine rings is 1. The standard InChI is InChI=1S/C21H26N4S/c1-15(2)8-21-24-12-18(26-21)14-25-7-3-4-16(13-25)9-17-10-20-19(23-11-17)5-6-22-20/h5-6,10-12,16,22H,1,3-4,7-9,13-14H2,2H3. The molecule has 0 aromatic carbocycles. The zero-order valence-electron chi connectivity index (χ0n) is 15.4. The topological polar surface area (TPSA) is 44.8 Å². The van der Waals surface area contributed by atoms with Crippen molar-refractivity contribution in [2.24, 2.45) is 5.92 Å². The number of nitrogens with one attached hydrogen (secondary N) is 1. The molecule has 0 bridgehead atoms. The molecule has 1 unspecified atom stereocenters. The SMILES string of the molecule is C=C(C)Cc1ncc(CN2CCCC(Cc3cnc4cc[nH]c4c3)C2)s1. The number of hydrogen-bond acceptors (Lipinski definition) is 4. The van der Waals surface area contributed by atoms with Gasteiger partial charge >= 0.3 is 0 Å². The van der Waals surface area contributed by atoms with Crippen LogP contribution in [0, 0.1) is 5.92 Å². The summed E-state index contributed by atoms with van der Waals surface area (Å²) in [5.41, 5.74) is 4.71. The molecule has 1 aliphatic heterocycles. The third kappa shape index (κ3) is 4.22. The highest BCUT2D eigenvalue weighted by molar-refractivity contribution is 7.11. The quantitative estimate of drug-likeness (QED) is 0.649. The molecule has 4 heterocycles. The highest BCUT2D eigenvalue weighted by Crippen LogP contribution is 2.25. The molecule has 0 aliphatic carbocycles. The molecule has 0 amide bonds. The Morgan fingerprint density at radius 2 is 2.31 bits per heavy atom. The van der Waals surface area contributed by atoms with Crippen LogP contribution in [0.15, 0.2) is 42.9 Å². The molecule has 4 nitrogen and oxygen atoms in total. The fraction of sp³-hybridized carbons (Fsp3) is 0.429. The van der Waals surface area contributed by atoms with Crippen LogP contribution in [-0.4, -0.2) is 32.9 Å². The van der Waals surface area contributed by atoms with Crippen LogP contribution in [0.5, 0.6) is 0 Å². The zero-order chi connectivity index (χ0) is 17.9. The fourth-order valence-electron chi connectivity index (χ4n) is 3.87. The Bertz CT molecular complexity index is 894. The number of likely N-dealkylation sites (tertiary alicyclic amines) is 1. The monoisotopic (exact) mass is 366 g/mol. The van der Waals surface area contributed by atoms with Gasteiger partial charge < -0.3 is 4.98 Å². The molecular formula is C21H26N4S. The average Bonchev–Trinajstić information content (AvgIpc) is 3.23. The van der Waals surface area contributed by atoms with Crippen molar-refractivity contribution in [3.8, 4) is 0 Å².